The highest BCUT2D eigenvalue weighted by Gasteiger charge is 2.16. The van der Waals surface area contributed by atoms with Crippen LogP contribution >= 0.6 is 0 Å². The maximum Gasteiger partial charge on any atom is 0.339 e. The second kappa shape index (κ2) is 5.65. The Hall–Kier alpha value is -2.16. The van der Waals surface area contributed by atoms with Gasteiger partial charge in [0, 0.05) is 0 Å². The summed E-state index contributed by atoms with van der Waals surface area (Å²) in [6.07, 6.45) is 2.04. The van der Waals surface area contributed by atoms with E-state index in [1.807, 2.05) is 24.3 Å². The first-order valence-corrected chi connectivity index (χ1v) is 6.24. The zero-order valence-electron chi connectivity index (χ0n) is 10.7. The molecule has 0 saturated heterocycles. The van der Waals surface area contributed by atoms with Crippen molar-refractivity contribution in [2.45, 2.75) is 19.8 Å². The Morgan fingerprint density at radius 3 is 2.42 bits per heavy atom. The number of halogens is 1. The largest absolute Gasteiger partial charge is 0.478 e. The molecule has 0 aliphatic heterocycles. The molecule has 0 amide bonds. The molecular formula is C16H15FO2. The molecule has 0 radical (unpaired) electrons. The lowest BCUT2D eigenvalue weighted by Crippen LogP contribution is -2.03. The molecule has 19 heavy (non-hydrogen) atoms. The van der Waals surface area contributed by atoms with Gasteiger partial charge in [-0.2, -0.15) is 0 Å². The Kier molecular flexibility index (Phi) is 3.95. The number of aryl methyl sites for hydroxylation is 1. The second-order valence-corrected chi connectivity index (χ2v) is 4.41. The van der Waals surface area contributed by atoms with Crippen LogP contribution in [0.5, 0.6) is 0 Å². The maximum absolute atomic E-state index is 13.6. The summed E-state index contributed by atoms with van der Waals surface area (Å²) in [6, 6.07) is 11.9. The fourth-order valence-corrected chi connectivity index (χ4v) is 2.12. The summed E-state index contributed by atoms with van der Waals surface area (Å²) in [5.74, 6) is -1.95. The Balaban J connectivity index is 2.47. The van der Waals surface area contributed by atoms with Crippen LogP contribution in [0.2, 0.25) is 0 Å². The number of aromatic carboxylic acids is 1. The van der Waals surface area contributed by atoms with Gasteiger partial charge in [0.25, 0.3) is 0 Å². The van der Waals surface area contributed by atoms with Gasteiger partial charge < -0.3 is 5.11 Å². The predicted octanol–water partition coefficient (Wildman–Crippen LogP) is 4.14. The molecule has 2 aromatic carbocycles. The summed E-state index contributed by atoms with van der Waals surface area (Å²) in [5.41, 5.74) is 2.05. The minimum atomic E-state index is -1.24. The molecule has 0 aromatic heterocycles. The van der Waals surface area contributed by atoms with E-state index in [2.05, 4.69) is 6.92 Å². The molecule has 0 spiro atoms. The average molecular weight is 258 g/mol. The van der Waals surface area contributed by atoms with Crippen molar-refractivity contribution in [3.05, 3.63) is 59.4 Å². The van der Waals surface area contributed by atoms with Crippen molar-refractivity contribution in [1.29, 1.82) is 0 Å². The van der Waals surface area contributed by atoms with Crippen LogP contribution in [-0.4, -0.2) is 11.1 Å². The van der Waals surface area contributed by atoms with Crippen molar-refractivity contribution in [1.82, 2.24) is 0 Å². The third-order valence-corrected chi connectivity index (χ3v) is 3.03. The van der Waals surface area contributed by atoms with E-state index in [4.69, 9.17) is 5.11 Å². The third-order valence-electron chi connectivity index (χ3n) is 3.03. The van der Waals surface area contributed by atoms with Crippen LogP contribution in [0, 0.1) is 5.82 Å². The van der Waals surface area contributed by atoms with Gasteiger partial charge in [0.15, 0.2) is 0 Å². The normalized spacial score (nSPS) is 10.4. The maximum atomic E-state index is 13.6. The molecule has 2 aromatic rings. The van der Waals surface area contributed by atoms with E-state index in [0.29, 0.717) is 5.56 Å². The zero-order valence-corrected chi connectivity index (χ0v) is 10.7. The van der Waals surface area contributed by atoms with Crippen LogP contribution in [-0.2, 0) is 6.42 Å². The highest BCUT2D eigenvalue weighted by Crippen LogP contribution is 2.26. The average Bonchev–Trinajstić information content (AvgIpc) is 2.39. The Morgan fingerprint density at radius 1 is 1.16 bits per heavy atom. The summed E-state index contributed by atoms with van der Waals surface area (Å²) in [4.78, 5) is 11.1. The number of hydrogen-bond donors (Lipinski definition) is 1. The van der Waals surface area contributed by atoms with Gasteiger partial charge in [0.2, 0.25) is 0 Å². The van der Waals surface area contributed by atoms with E-state index >= 15 is 0 Å². The third kappa shape index (κ3) is 2.81. The summed E-state index contributed by atoms with van der Waals surface area (Å²) in [6.45, 7) is 2.10. The highest BCUT2D eigenvalue weighted by atomic mass is 19.1. The van der Waals surface area contributed by atoms with E-state index in [1.54, 1.807) is 6.07 Å². The molecule has 0 unspecified atom stereocenters. The lowest BCUT2D eigenvalue weighted by molar-refractivity contribution is 0.0693. The van der Waals surface area contributed by atoms with Gasteiger partial charge in [-0.05, 0) is 29.2 Å². The van der Waals surface area contributed by atoms with Crippen LogP contribution in [0.1, 0.15) is 29.3 Å². The number of hydrogen-bond acceptors (Lipinski definition) is 1. The first-order chi connectivity index (χ1) is 9.13. The molecule has 0 fully saturated rings. The van der Waals surface area contributed by atoms with E-state index in [-0.39, 0.29) is 5.56 Å². The van der Waals surface area contributed by atoms with Gasteiger partial charge >= 0.3 is 5.97 Å². The van der Waals surface area contributed by atoms with E-state index < -0.39 is 11.8 Å². The topological polar surface area (TPSA) is 37.3 Å². The van der Waals surface area contributed by atoms with Crippen molar-refractivity contribution in [3.63, 3.8) is 0 Å². The van der Waals surface area contributed by atoms with Crippen molar-refractivity contribution >= 4 is 5.97 Å². The van der Waals surface area contributed by atoms with E-state index in [1.165, 1.54) is 17.7 Å². The molecule has 0 atom stereocenters. The van der Waals surface area contributed by atoms with Crippen LogP contribution in [0.4, 0.5) is 4.39 Å². The summed E-state index contributed by atoms with van der Waals surface area (Å²) in [5, 5.41) is 9.11. The highest BCUT2D eigenvalue weighted by molar-refractivity contribution is 5.96. The SMILES string of the molecule is CCCc1ccc(-c2cccc(F)c2C(=O)O)cc1. The fourth-order valence-electron chi connectivity index (χ4n) is 2.12. The molecule has 0 aliphatic rings. The molecule has 0 saturated carbocycles. The van der Waals surface area contributed by atoms with Gasteiger partial charge in [-0.15, -0.1) is 0 Å². The molecule has 3 heteroatoms. The standard InChI is InChI=1S/C16H15FO2/c1-2-4-11-7-9-12(10-8-11)13-5-3-6-14(17)15(13)16(18)19/h3,5-10H,2,4H2,1H3,(H,18,19). The Morgan fingerprint density at radius 2 is 1.84 bits per heavy atom. The number of carboxylic acid groups (broad SMARTS) is 1. The Labute approximate surface area is 111 Å². The molecule has 2 nitrogen and oxygen atoms in total. The fraction of sp³-hybridized carbons (Fsp3) is 0.188. The smallest absolute Gasteiger partial charge is 0.339 e. The van der Waals surface area contributed by atoms with Crippen molar-refractivity contribution in [3.8, 4) is 11.1 Å². The Bertz CT molecular complexity index is 588. The lowest BCUT2D eigenvalue weighted by atomic mass is 9.97. The first-order valence-electron chi connectivity index (χ1n) is 6.24. The quantitative estimate of drug-likeness (QED) is 0.894. The zero-order chi connectivity index (χ0) is 13.8. The number of benzene rings is 2. The van der Waals surface area contributed by atoms with E-state index in [9.17, 15) is 9.18 Å². The van der Waals surface area contributed by atoms with Crippen LogP contribution in [0.15, 0.2) is 42.5 Å². The van der Waals surface area contributed by atoms with Crippen molar-refractivity contribution in [2.75, 3.05) is 0 Å². The van der Waals surface area contributed by atoms with E-state index in [0.717, 1.165) is 18.4 Å². The lowest BCUT2D eigenvalue weighted by Gasteiger charge is -2.08. The molecule has 1 N–H and O–H groups in total. The van der Waals surface area contributed by atoms with Crippen molar-refractivity contribution in [2.24, 2.45) is 0 Å². The number of carbonyl (C=O) groups is 1. The minimum absolute atomic E-state index is 0.272. The number of rotatable bonds is 4. The van der Waals surface area contributed by atoms with Gasteiger partial charge in [0.05, 0.1) is 0 Å². The van der Waals surface area contributed by atoms with Crippen molar-refractivity contribution < 1.29 is 14.3 Å². The summed E-state index contributed by atoms with van der Waals surface area (Å²) < 4.78 is 13.6. The number of carboxylic acids is 1. The summed E-state index contributed by atoms with van der Waals surface area (Å²) >= 11 is 0. The molecule has 0 heterocycles. The monoisotopic (exact) mass is 258 g/mol. The molecule has 0 bridgehead atoms. The molecule has 0 aliphatic carbocycles. The molecular weight excluding hydrogens is 243 g/mol. The van der Waals surface area contributed by atoms with Gasteiger partial charge in [-0.1, -0.05) is 49.7 Å². The summed E-state index contributed by atoms with van der Waals surface area (Å²) in [7, 11) is 0. The first kappa shape index (κ1) is 13.3. The molecule has 2 rings (SSSR count). The van der Waals surface area contributed by atoms with Crippen LogP contribution < -0.4 is 0 Å². The van der Waals surface area contributed by atoms with Gasteiger partial charge in [0.1, 0.15) is 11.4 Å². The van der Waals surface area contributed by atoms with Gasteiger partial charge in [-0.3, -0.25) is 0 Å². The van der Waals surface area contributed by atoms with Gasteiger partial charge in [-0.25, -0.2) is 9.18 Å². The minimum Gasteiger partial charge on any atom is -0.478 e. The van der Waals surface area contributed by atoms with Crippen LogP contribution in [0.3, 0.4) is 0 Å². The van der Waals surface area contributed by atoms with Crippen LogP contribution in [0.25, 0.3) is 11.1 Å². The second-order valence-electron chi connectivity index (χ2n) is 4.41. The molecule has 98 valence electrons. The predicted molar refractivity (Wildman–Crippen MR) is 72.8 cm³/mol.